The second-order valence-corrected chi connectivity index (χ2v) is 28.0. The SMILES string of the molecule is C.CCCCCC/C=C\COC(=O)CCCCCCCCCC(=O)OC(CCCCCCC)CCCCCCC.CCCCCC/C=C\COC(=O)CCCCCN(CCCC(=O)OC(CCCCCCC)CCCCCCC)C(=O)SCCN(C)C.CN(Cl)CCS. The van der Waals surface area contributed by atoms with Crippen molar-refractivity contribution >= 4 is 65.3 Å². The van der Waals surface area contributed by atoms with Crippen LogP contribution in [0.4, 0.5) is 4.79 Å². The number of ether oxygens (including phenoxy) is 4. The fourth-order valence-electron chi connectivity index (χ4n) is 10.5. The van der Waals surface area contributed by atoms with E-state index >= 15 is 0 Å². The molecule has 0 spiro atoms. The van der Waals surface area contributed by atoms with Crippen LogP contribution in [0.3, 0.4) is 0 Å². The van der Waals surface area contributed by atoms with Crippen LogP contribution in [-0.2, 0) is 38.1 Å². The van der Waals surface area contributed by atoms with Crippen LogP contribution >= 0.6 is 36.2 Å². The predicted octanol–water partition coefficient (Wildman–Crippen LogP) is 23.6. The maximum absolute atomic E-state index is 13.1. The van der Waals surface area contributed by atoms with Crippen molar-refractivity contribution in [3.8, 4) is 0 Å². The van der Waals surface area contributed by atoms with E-state index in [1.165, 1.54) is 185 Å². The number of unbranched alkanes of at least 4 members (excludes halogenated alkanes) is 32. The Morgan fingerprint density at radius 1 is 0.387 bits per heavy atom. The van der Waals surface area contributed by atoms with Crippen LogP contribution in [0.1, 0.15) is 364 Å². The first kappa shape index (κ1) is 97.1. The van der Waals surface area contributed by atoms with E-state index in [0.717, 1.165) is 134 Å². The number of carbonyl (C=O) groups is 5. The number of hydrogen-bond acceptors (Lipinski definition) is 13. The molecule has 0 aliphatic carbocycles. The molecule has 93 heavy (non-hydrogen) atoms. The van der Waals surface area contributed by atoms with Gasteiger partial charge in [0.1, 0.15) is 25.4 Å². The number of amides is 1. The highest BCUT2D eigenvalue weighted by Gasteiger charge is 2.19. The highest BCUT2D eigenvalue weighted by Crippen LogP contribution is 2.21. The number of carbonyl (C=O) groups excluding carboxylic acids is 5. The van der Waals surface area contributed by atoms with Crippen molar-refractivity contribution in [2.24, 2.45) is 0 Å². The quantitative estimate of drug-likeness (QED) is 0.0155. The molecule has 0 saturated heterocycles. The molecule has 0 rings (SSSR count). The van der Waals surface area contributed by atoms with E-state index in [2.05, 4.69) is 71.2 Å². The summed E-state index contributed by atoms with van der Waals surface area (Å²) in [5.41, 5.74) is 0. The molecule has 0 fully saturated rings. The summed E-state index contributed by atoms with van der Waals surface area (Å²) in [5, 5.41) is 0.0677. The first-order valence-electron chi connectivity index (χ1n) is 38.3. The number of allylic oxidation sites excluding steroid dienone is 2. The molecule has 0 N–H and O–H groups in total. The maximum atomic E-state index is 13.1. The zero-order chi connectivity index (χ0) is 68.4. The number of halogens is 1. The lowest BCUT2D eigenvalue weighted by Crippen LogP contribution is -2.31. The first-order chi connectivity index (χ1) is 44.7. The number of hydrogen-bond donors (Lipinski definition) is 1. The van der Waals surface area contributed by atoms with Crippen molar-refractivity contribution in [1.29, 1.82) is 0 Å². The van der Waals surface area contributed by atoms with Crippen LogP contribution in [0, 0.1) is 0 Å². The van der Waals surface area contributed by atoms with Gasteiger partial charge in [-0.3, -0.25) is 24.0 Å². The number of thioether (sulfide) groups is 1. The summed E-state index contributed by atoms with van der Waals surface area (Å²) in [6.45, 7) is 17.0. The van der Waals surface area contributed by atoms with E-state index in [1.807, 2.05) is 31.1 Å². The molecule has 15 heteroatoms. The highest BCUT2D eigenvalue weighted by atomic mass is 35.5. The minimum atomic E-state index is -0.161. The Morgan fingerprint density at radius 2 is 0.699 bits per heavy atom. The average Bonchev–Trinajstić information content (AvgIpc) is 3.57. The van der Waals surface area contributed by atoms with Gasteiger partial charge in [-0.1, -0.05) is 265 Å². The van der Waals surface area contributed by atoms with Gasteiger partial charge in [0.15, 0.2) is 0 Å². The van der Waals surface area contributed by atoms with Gasteiger partial charge in [-0.2, -0.15) is 12.6 Å². The Bertz CT molecular complexity index is 1630. The Kier molecular flexibility index (Phi) is 84.0. The second-order valence-electron chi connectivity index (χ2n) is 25.9. The summed E-state index contributed by atoms with van der Waals surface area (Å²) >= 11 is 10.6. The highest BCUT2D eigenvalue weighted by molar-refractivity contribution is 8.13. The number of nitrogens with zero attached hydrogens (tertiary/aromatic N) is 3. The monoisotopic (exact) mass is 1370 g/mol. The predicted molar refractivity (Wildman–Crippen MR) is 407 cm³/mol. The zero-order valence-corrected chi connectivity index (χ0v) is 64.0. The molecular weight excluding hydrogens is 1220 g/mol. The van der Waals surface area contributed by atoms with Crippen molar-refractivity contribution in [3.05, 3.63) is 24.3 Å². The smallest absolute Gasteiger partial charge is 0.306 e. The summed E-state index contributed by atoms with van der Waals surface area (Å²) in [6, 6.07) is 0. The molecule has 0 unspecified atom stereocenters. The van der Waals surface area contributed by atoms with Crippen LogP contribution in [0.2, 0.25) is 0 Å². The molecule has 0 aromatic carbocycles. The fourth-order valence-corrected chi connectivity index (χ4v) is 12.0. The van der Waals surface area contributed by atoms with Gasteiger partial charge in [-0.15, -0.1) is 0 Å². The first-order valence-corrected chi connectivity index (χ1v) is 40.2. The van der Waals surface area contributed by atoms with E-state index in [0.29, 0.717) is 58.4 Å². The average molecular weight is 1380 g/mol. The zero-order valence-electron chi connectivity index (χ0n) is 61.5. The molecule has 0 aliphatic heterocycles. The molecule has 0 heterocycles. The topological polar surface area (TPSA) is 132 Å². The lowest BCUT2D eigenvalue weighted by molar-refractivity contribution is -0.151. The molecule has 0 atom stereocenters. The fraction of sp³-hybridized carbons (Fsp3) is 0.885. The third-order valence-electron chi connectivity index (χ3n) is 16.4. The van der Waals surface area contributed by atoms with E-state index in [4.69, 9.17) is 30.7 Å². The van der Waals surface area contributed by atoms with E-state index < -0.39 is 0 Å². The van der Waals surface area contributed by atoms with Gasteiger partial charge >= 0.3 is 23.9 Å². The molecule has 0 radical (unpaired) electrons. The Balaban J connectivity index is -0.000000784. The molecule has 0 aromatic rings. The van der Waals surface area contributed by atoms with E-state index in [-0.39, 0.29) is 48.8 Å². The van der Waals surface area contributed by atoms with Crippen LogP contribution in [0.15, 0.2) is 24.3 Å². The molecule has 552 valence electrons. The third-order valence-corrected chi connectivity index (χ3v) is 17.6. The molecule has 0 bridgehead atoms. The summed E-state index contributed by atoms with van der Waals surface area (Å²) in [6.07, 6.45) is 61.6. The minimum Gasteiger partial charge on any atom is -0.462 e. The summed E-state index contributed by atoms with van der Waals surface area (Å²) < 4.78 is 24.1. The molecular formula is C78H152ClN3O9S2. The minimum absolute atomic E-state index is 0. The van der Waals surface area contributed by atoms with Gasteiger partial charge in [-0.25, -0.2) is 4.42 Å². The summed E-state index contributed by atoms with van der Waals surface area (Å²) in [5.74, 6) is 1.19. The summed E-state index contributed by atoms with van der Waals surface area (Å²) in [7, 11) is 5.82. The Hall–Kier alpha value is -2.26. The Labute approximate surface area is 591 Å². The molecule has 1 amide bonds. The van der Waals surface area contributed by atoms with Gasteiger partial charge in [0.2, 0.25) is 0 Å². The standard InChI is InChI=1S/C39H74N2O5S.C35H66O4.C3H8ClNS.CH4/c1-6-9-12-15-16-19-25-34-45-37(42)29-23-20-24-31-41(39(44)47-35-33-40(4)5)32-26-30-38(43)46-36(27-21-17-13-10-7-2)28-22-18-14-11-8-3;1-4-7-10-13-17-22-27-32-38-34(36)30-25-20-15-14-16-21-26-31-35(37)39-33(28-23-18-11-8-5-2)29-24-19-12-9-6-3;1-5(4)2-3-6;/h19,25,36H,6-18,20-24,26-35H2,1-5H3;22,27,33H,4-21,23-26,28-32H2,1-3H3;6H,2-3H2,1H3;1H4/b25-19-;27-22-;;. The summed E-state index contributed by atoms with van der Waals surface area (Å²) in [4.78, 5) is 66.3. The van der Waals surface area contributed by atoms with Gasteiger partial charge in [0, 0.05) is 70.4 Å². The largest absolute Gasteiger partial charge is 0.462 e. The normalized spacial score (nSPS) is 11.3. The molecule has 12 nitrogen and oxygen atoms in total. The number of rotatable bonds is 65. The lowest BCUT2D eigenvalue weighted by Gasteiger charge is -2.23. The van der Waals surface area contributed by atoms with Crippen molar-refractivity contribution < 1.29 is 42.9 Å². The van der Waals surface area contributed by atoms with Crippen molar-refractivity contribution in [2.45, 2.75) is 376 Å². The number of esters is 4. The lowest BCUT2D eigenvalue weighted by atomic mass is 10.0. The van der Waals surface area contributed by atoms with E-state index in [9.17, 15) is 24.0 Å². The van der Waals surface area contributed by atoms with Crippen molar-refractivity contribution in [3.63, 3.8) is 0 Å². The van der Waals surface area contributed by atoms with Gasteiger partial charge in [0.25, 0.3) is 5.24 Å². The molecule has 0 aromatic heterocycles. The maximum Gasteiger partial charge on any atom is 0.306 e. The van der Waals surface area contributed by atoms with Gasteiger partial charge < -0.3 is 28.7 Å². The second kappa shape index (κ2) is 80.4. The van der Waals surface area contributed by atoms with Crippen LogP contribution < -0.4 is 0 Å². The molecule has 0 saturated carbocycles. The van der Waals surface area contributed by atoms with Crippen molar-refractivity contribution in [2.75, 3.05) is 72.0 Å². The van der Waals surface area contributed by atoms with Crippen LogP contribution in [0.25, 0.3) is 0 Å². The van der Waals surface area contributed by atoms with Crippen LogP contribution in [0.5, 0.6) is 0 Å². The number of thiol groups is 1. The van der Waals surface area contributed by atoms with Gasteiger partial charge in [-0.05, 0) is 135 Å². The molecule has 0 aliphatic rings. The van der Waals surface area contributed by atoms with Crippen molar-refractivity contribution in [1.82, 2.24) is 14.2 Å². The van der Waals surface area contributed by atoms with E-state index in [1.54, 1.807) is 11.5 Å². The Morgan fingerprint density at radius 3 is 1.04 bits per heavy atom. The third kappa shape index (κ3) is 80.3. The van der Waals surface area contributed by atoms with Crippen LogP contribution in [-0.4, -0.2) is 128 Å². The van der Waals surface area contributed by atoms with Gasteiger partial charge in [0.05, 0.1) is 0 Å².